The maximum atomic E-state index is 14.1. The van der Waals surface area contributed by atoms with E-state index in [0.29, 0.717) is 27.8 Å². The van der Waals surface area contributed by atoms with Crippen molar-refractivity contribution in [2.24, 2.45) is 0 Å². The molecule has 0 unspecified atom stereocenters. The number of hydrogen-bond donors (Lipinski definition) is 1. The molecule has 0 bridgehead atoms. The Morgan fingerprint density at radius 3 is 2.15 bits per heavy atom. The van der Waals surface area contributed by atoms with Crippen molar-refractivity contribution in [1.29, 1.82) is 0 Å². The number of anilines is 1. The molecule has 2 amide bonds. The molecule has 3 rings (SSSR count). The lowest BCUT2D eigenvalue weighted by molar-refractivity contribution is -0.139. The van der Waals surface area contributed by atoms with Gasteiger partial charge in [0.1, 0.15) is 12.6 Å². The third-order valence-corrected chi connectivity index (χ3v) is 9.60. The van der Waals surface area contributed by atoms with E-state index in [1.807, 2.05) is 33.8 Å². The number of rotatable bonds is 12. The van der Waals surface area contributed by atoms with Gasteiger partial charge in [0.25, 0.3) is 10.0 Å². The highest BCUT2D eigenvalue weighted by Gasteiger charge is 2.33. The first kappa shape index (κ1) is 32.4. The monoisotopic (exact) mass is 617 g/mol. The maximum absolute atomic E-state index is 14.1. The van der Waals surface area contributed by atoms with Gasteiger partial charge in [-0.1, -0.05) is 72.4 Å². The largest absolute Gasteiger partial charge is 0.354 e. The first-order valence-electron chi connectivity index (χ1n) is 13.5. The Labute approximate surface area is 253 Å². The first-order chi connectivity index (χ1) is 19.4. The van der Waals surface area contributed by atoms with Crippen LogP contribution in [-0.4, -0.2) is 44.3 Å². The topological polar surface area (TPSA) is 86.8 Å². The average Bonchev–Trinajstić information content (AvgIpc) is 2.93. The van der Waals surface area contributed by atoms with E-state index in [9.17, 15) is 18.0 Å². The predicted octanol–water partition coefficient (Wildman–Crippen LogP) is 6.45. The molecule has 0 aliphatic carbocycles. The van der Waals surface area contributed by atoms with Crippen LogP contribution in [-0.2, 0) is 26.2 Å². The van der Waals surface area contributed by atoms with E-state index < -0.39 is 28.5 Å². The molecule has 0 aliphatic rings. The van der Waals surface area contributed by atoms with Gasteiger partial charge < -0.3 is 10.2 Å². The Balaban J connectivity index is 2.08. The van der Waals surface area contributed by atoms with Crippen LogP contribution < -0.4 is 9.62 Å². The summed E-state index contributed by atoms with van der Waals surface area (Å²) in [5.41, 5.74) is 3.36. The number of carbonyl (C=O) groups is 2. The van der Waals surface area contributed by atoms with Crippen molar-refractivity contribution in [2.45, 2.75) is 64.9 Å². The van der Waals surface area contributed by atoms with Crippen LogP contribution in [0.25, 0.3) is 0 Å². The second kappa shape index (κ2) is 14.2. The fourth-order valence-corrected chi connectivity index (χ4v) is 6.32. The molecule has 1 N–H and O–H groups in total. The van der Waals surface area contributed by atoms with Gasteiger partial charge in [0.05, 0.1) is 10.6 Å². The quantitative estimate of drug-likeness (QED) is 0.237. The molecule has 0 heterocycles. The van der Waals surface area contributed by atoms with Crippen LogP contribution in [0.4, 0.5) is 5.69 Å². The molecule has 0 aliphatic heterocycles. The summed E-state index contributed by atoms with van der Waals surface area (Å²) < 4.78 is 29.2. The standard InChI is InChI=1S/C31H37Cl2N3O4S/c1-6-7-18-34-31(38)24(5)35(19-26-27(32)11-9-12-28(26)33)30(37)20-36(29-13-8-10-22(3)23(29)4)41(39,40)25-16-14-21(2)15-17-25/h8-17,24H,6-7,18-20H2,1-5H3,(H,34,38)/t24-/m1/s1. The summed E-state index contributed by atoms with van der Waals surface area (Å²) in [6.45, 7) is 9.05. The molecule has 0 radical (unpaired) electrons. The second-order valence-corrected chi connectivity index (χ2v) is 12.8. The van der Waals surface area contributed by atoms with Gasteiger partial charge in [-0.3, -0.25) is 13.9 Å². The number of amides is 2. The van der Waals surface area contributed by atoms with E-state index in [1.165, 1.54) is 17.0 Å². The minimum atomic E-state index is -4.16. The van der Waals surface area contributed by atoms with Crippen LogP contribution in [0.15, 0.2) is 65.6 Å². The molecule has 3 aromatic carbocycles. The molecular weight excluding hydrogens is 581 g/mol. The number of halogens is 2. The van der Waals surface area contributed by atoms with E-state index in [-0.39, 0.29) is 17.3 Å². The van der Waals surface area contributed by atoms with Crippen molar-refractivity contribution in [2.75, 3.05) is 17.4 Å². The molecule has 3 aromatic rings. The number of sulfonamides is 1. The van der Waals surface area contributed by atoms with E-state index in [2.05, 4.69) is 5.32 Å². The van der Waals surface area contributed by atoms with E-state index >= 15 is 0 Å². The molecule has 1 atom stereocenters. The number of carbonyl (C=O) groups excluding carboxylic acids is 2. The van der Waals surface area contributed by atoms with Gasteiger partial charge in [0, 0.05) is 28.7 Å². The summed E-state index contributed by atoms with van der Waals surface area (Å²) >= 11 is 12.9. The van der Waals surface area contributed by atoms with Crippen LogP contribution in [0.1, 0.15) is 48.9 Å². The van der Waals surface area contributed by atoms with Gasteiger partial charge >= 0.3 is 0 Å². The number of unbranched alkanes of at least 4 members (excludes halogenated alkanes) is 1. The van der Waals surface area contributed by atoms with Crippen LogP contribution in [0.2, 0.25) is 10.0 Å². The highest BCUT2D eigenvalue weighted by Crippen LogP contribution is 2.30. The van der Waals surface area contributed by atoms with E-state index in [0.717, 1.165) is 33.8 Å². The second-order valence-electron chi connectivity index (χ2n) is 10.1. The zero-order chi connectivity index (χ0) is 30.3. The minimum Gasteiger partial charge on any atom is -0.354 e. The minimum absolute atomic E-state index is 0.0582. The highest BCUT2D eigenvalue weighted by molar-refractivity contribution is 7.92. The van der Waals surface area contributed by atoms with Crippen molar-refractivity contribution in [1.82, 2.24) is 10.2 Å². The molecule has 0 saturated carbocycles. The summed E-state index contributed by atoms with van der Waals surface area (Å²) in [5.74, 6) is -0.926. The number of hydrogen-bond acceptors (Lipinski definition) is 4. The maximum Gasteiger partial charge on any atom is 0.264 e. The van der Waals surface area contributed by atoms with Gasteiger partial charge in [-0.05, 0) is 75.6 Å². The smallest absolute Gasteiger partial charge is 0.264 e. The lowest BCUT2D eigenvalue weighted by Gasteiger charge is -2.33. The van der Waals surface area contributed by atoms with Gasteiger partial charge in [0.2, 0.25) is 11.8 Å². The Kier molecular flexibility index (Phi) is 11.2. The summed E-state index contributed by atoms with van der Waals surface area (Å²) in [6, 6.07) is 15.9. The van der Waals surface area contributed by atoms with E-state index in [4.69, 9.17) is 23.2 Å². The van der Waals surface area contributed by atoms with Crippen LogP contribution in [0, 0.1) is 20.8 Å². The fourth-order valence-electron chi connectivity index (χ4n) is 4.33. The molecule has 7 nitrogen and oxygen atoms in total. The molecule has 220 valence electrons. The third kappa shape index (κ3) is 7.82. The molecule has 0 fully saturated rings. The van der Waals surface area contributed by atoms with Crippen molar-refractivity contribution in [3.63, 3.8) is 0 Å². The number of nitrogens with zero attached hydrogens (tertiary/aromatic N) is 2. The fraction of sp³-hybridized carbons (Fsp3) is 0.355. The number of nitrogens with one attached hydrogen (secondary N) is 1. The zero-order valence-corrected chi connectivity index (χ0v) is 26.4. The predicted molar refractivity (Wildman–Crippen MR) is 166 cm³/mol. The first-order valence-corrected chi connectivity index (χ1v) is 15.7. The lowest BCUT2D eigenvalue weighted by Crippen LogP contribution is -2.51. The average molecular weight is 619 g/mol. The zero-order valence-electron chi connectivity index (χ0n) is 24.1. The lowest BCUT2D eigenvalue weighted by atomic mass is 10.1. The van der Waals surface area contributed by atoms with Crippen molar-refractivity contribution < 1.29 is 18.0 Å². The van der Waals surface area contributed by atoms with Crippen molar-refractivity contribution in [3.8, 4) is 0 Å². The van der Waals surface area contributed by atoms with Gasteiger partial charge in [-0.25, -0.2) is 8.42 Å². The van der Waals surface area contributed by atoms with Crippen LogP contribution >= 0.6 is 23.2 Å². The van der Waals surface area contributed by atoms with Crippen LogP contribution in [0.3, 0.4) is 0 Å². The molecule has 0 aromatic heterocycles. The summed E-state index contributed by atoms with van der Waals surface area (Å²) in [7, 11) is -4.16. The Bertz CT molecular complexity index is 1470. The summed E-state index contributed by atoms with van der Waals surface area (Å²) in [6.07, 6.45) is 1.69. The van der Waals surface area contributed by atoms with Crippen molar-refractivity contribution in [3.05, 3.63) is 93.0 Å². The highest BCUT2D eigenvalue weighted by atomic mass is 35.5. The Morgan fingerprint density at radius 1 is 0.927 bits per heavy atom. The Hall–Kier alpha value is -3.07. The Morgan fingerprint density at radius 2 is 1.54 bits per heavy atom. The third-order valence-electron chi connectivity index (χ3n) is 7.12. The van der Waals surface area contributed by atoms with Crippen molar-refractivity contribution >= 4 is 50.7 Å². The van der Waals surface area contributed by atoms with Gasteiger partial charge in [0.15, 0.2) is 0 Å². The molecule has 0 spiro atoms. The van der Waals surface area contributed by atoms with Crippen LogP contribution in [0.5, 0.6) is 0 Å². The summed E-state index contributed by atoms with van der Waals surface area (Å²) in [4.78, 5) is 28.6. The molecular formula is C31H37Cl2N3O4S. The molecule has 0 saturated heterocycles. The number of aryl methyl sites for hydroxylation is 2. The molecule has 10 heteroatoms. The number of benzene rings is 3. The van der Waals surface area contributed by atoms with Gasteiger partial charge in [-0.15, -0.1) is 0 Å². The normalized spacial score (nSPS) is 12.1. The SMILES string of the molecule is CCCCNC(=O)[C@@H](C)N(Cc1c(Cl)cccc1Cl)C(=O)CN(c1cccc(C)c1C)S(=O)(=O)c1ccc(C)cc1. The summed E-state index contributed by atoms with van der Waals surface area (Å²) in [5, 5.41) is 3.55. The van der Waals surface area contributed by atoms with Gasteiger partial charge in [-0.2, -0.15) is 0 Å². The molecule has 41 heavy (non-hydrogen) atoms. The van der Waals surface area contributed by atoms with E-state index in [1.54, 1.807) is 49.4 Å².